The molecular formula is C28H29BN2O2. The lowest BCUT2D eigenvalue weighted by atomic mass is 9.78. The summed E-state index contributed by atoms with van der Waals surface area (Å²) >= 11 is 0. The average molecular weight is 436 g/mol. The fourth-order valence-corrected chi connectivity index (χ4v) is 5.03. The van der Waals surface area contributed by atoms with Gasteiger partial charge in [-0.15, -0.1) is 0 Å². The first-order valence-electron chi connectivity index (χ1n) is 11.7. The van der Waals surface area contributed by atoms with Gasteiger partial charge < -0.3 is 9.31 Å². The molecule has 0 bridgehead atoms. The lowest BCUT2D eigenvalue weighted by molar-refractivity contribution is 0.00578. The molecule has 0 spiro atoms. The third kappa shape index (κ3) is 3.03. The molecule has 33 heavy (non-hydrogen) atoms. The van der Waals surface area contributed by atoms with Crippen LogP contribution in [0.3, 0.4) is 0 Å². The van der Waals surface area contributed by atoms with Crippen molar-refractivity contribution in [3.05, 3.63) is 83.6 Å². The van der Waals surface area contributed by atoms with Crippen LogP contribution in [-0.4, -0.2) is 29.7 Å². The first-order chi connectivity index (χ1) is 15.7. The van der Waals surface area contributed by atoms with Gasteiger partial charge in [0.1, 0.15) is 11.4 Å². The van der Waals surface area contributed by atoms with E-state index in [1.807, 2.05) is 0 Å². The van der Waals surface area contributed by atoms with E-state index in [1.165, 1.54) is 16.9 Å². The predicted molar refractivity (Wildman–Crippen MR) is 137 cm³/mol. The van der Waals surface area contributed by atoms with Crippen LogP contribution in [-0.2, 0) is 9.31 Å². The van der Waals surface area contributed by atoms with Crippen LogP contribution in [0, 0.1) is 0 Å². The van der Waals surface area contributed by atoms with E-state index in [-0.39, 0.29) is 23.9 Å². The molecule has 0 amide bonds. The van der Waals surface area contributed by atoms with Crippen LogP contribution in [0.5, 0.6) is 0 Å². The minimum Gasteiger partial charge on any atom is -0.399 e. The highest BCUT2D eigenvalue weighted by Crippen LogP contribution is 2.47. The van der Waals surface area contributed by atoms with Gasteiger partial charge in [0.05, 0.1) is 22.6 Å². The molecule has 166 valence electrons. The minimum atomic E-state index is -0.358. The van der Waals surface area contributed by atoms with Gasteiger partial charge in [-0.25, -0.2) is 0 Å². The maximum atomic E-state index is 6.25. The van der Waals surface area contributed by atoms with Gasteiger partial charge in [-0.1, -0.05) is 54.6 Å². The maximum Gasteiger partial charge on any atom is 0.494 e. The SMILES string of the molecule is CC12CC=CC=C1N1C(=N2)C(c2ccc(B3OC(C)(C)C(C)(C)O3)cc2)=Cc2ccccc21. The summed E-state index contributed by atoms with van der Waals surface area (Å²) in [6.45, 7) is 10.6. The normalized spacial score (nSPS) is 26.3. The van der Waals surface area contributed by atoms with Crippen molar-refractivity contribution in [1.82, 2.24) is 0 Å². The molecule has 0 radical (unpaired) electrons. The standard InChI is InChI=1S/C28H29BN2O2/c1-26(2)27(3,4)33-29(32-26)21-15-13-19(14-16-21)22-18-20-10-6-7-11-23(20)31-24-12-8-9-17-28(24,5)30-25(22)31/h6-16,18H,17H2,1-5H3. The Morgan fingerprint density at radius 1 is 0.909 bits per heavy atom. The third-order valence-electron chi connectivity index (χ3n) is 7.73. The van der Waals surface area contributed by atoms with Gasteiger partial charge in [-0.3, -0.25) is 9.89 Å². The molecule has 0 N–H and O–H groups in total. The van der Waals surface area contributed by atoms with Crippen molar-refractivity contribution in [2.45, 2.75) is 57.8 Å². The number of benzene rings is 2. The first kappa shape index (κ1) is 20.7. The minimum absolute atomic E-state index is 0.233. The lowest BCUT2D eigenvalue weighted by Crippen LogP contribution is -2.41. The van der Waals surface area contributed by atoms with Crippen molar-refractivity contribution >= 4 is 35.8 Å². The summed E-state index contributed by atoms with van der Waals surface area (Å²) in [4.78, 5) is 7.61. The third-order valence-corrected chi connectivity index (χ3v) is 7.73. The molecule has 5 heteroatoms. The summed E-state index contributed by atoms with van der Waals surface area (Å²) in [6, 6.07) is 17.1. The Hall–Kier alpha value is -2.89. The van der Waals surface area contributed by atoms with Crippen molar-refractivity contribution in [2.24, 2.45) is 4.99 Å². The van der Waals surface area contributed by atoms with Crippen molar-refractivity contribution in [1.29, 1.82) is 0 Å². The summed E-state index contributed by atoms with van der Waals surface area (Å²) in [6.07, 6.45) is 9.75. The van der Waals surface area contributed by atoms with Crippen LogP contribution in [0.2, 0.25) is 0 Å². The molecule has 1 saturated heterocycles. The Morgan fingerprint density at radius 2 is 1.61 bits per heavy atom. The number of hydrogen-bond acceptors (Lipinski definition) is 4. The van der Waals surface area contributed by atoms with E-state index in [0.29, 0.717) is 0 Å². The van der Waals surface area contributed by atoms with Crippen LogP contribution in [0.1, 0.15) is 52.2 Å². The number of fused-ring (bicyclic) bond motifs is 5. The number of para-hydroxylation sites is 1. The van der Waals surface area contributed by atoms with Crippen molar-refractivity contribution in [3.63, 3.8) is 0 Å². The number of rotatable bonds is 2. The molecule has 1 unspecified atom stereocenters. The fourth-order valence-electron chi connectivity index (χ4n) is 5.03. The number of aliphatic imine (C=N–C) groups is 1. The number of hydrogen-bond donors (Lipinski definition) is 0. The molecule has 0 saturated carbocycles. The summed E-state index contributed by atoms with van der Waals surface area (Å²) in [5, 5.41) is 0. The van der Waals surface area contributed by atoms with E-state index >= 15 is 0 Å². The van der Waals surface area contributed by atoms with E-state index in [2.05, 4.69) is 112 Å². The van der Waals surface area contributed by atoms with Gasteiger partial charge in [-0.2, -0.15) is 0 Å². The van der Waals surface area contributed by atoms with Gasteiger partial charge in [0.2, 0.25) is 0 Å². The second-order valence-electron chi connectivity index (χ2n) is 10.6. The Labute approximate surface area is 196 Å². The molecule has 2 aromatic carbocycles. The molecule has 1 aliphatic carbocycles. The second kappa shape index (κ2) is 6.81. The Morgan fingerprint density at radius 3 is 2.33 bits per heavy atom. The van der Waals surface area contributed by atoms with E-state index < -0.39 is 0 Å². The molecule has 1 fully saturated rings. The van der Waals surface area contributed by atoms with Gasteiger partial charge >= 0.3 is 7.12 Å². The van der Waals surface area contributed by atoms with Crippen LogP contribution in [0.4, 0.5) is 5.69 Å². The van der Waals surface area contributed by atoms with Crippen LogP contribution in [0.15, 0.2) is 77.4 Å². The zero-order chi connectivity index (χ0) is 23.0. The zero-order valence-corrected chi connectivity index (χ0v) is 19.9. The lowest BCUT2D eigenvalue weighted by Gasteiger charge is -2.33. The number of amidine groups is 1. The monoisotopic (exact) mass is 436 g/mol. The molecule has 1 atom stereocenters. The number of anilines is 1. The number of nitrogens with zero attached hydrogens (tertiary/aromatic N) is 2. The predicted octanol–water partition coefficient (Wildman–Crippen LogP) is 5.36. The summed E-state index contributed by atoms with van der Waals surface area (Å²) in [5.74, 6) is 1.02. The quantitative estimate of drug-likeness (QED) is 0.595. The largest absolute Gasteiger partial charge is 0.494 e. The molecule has 6 rings (SSSR count). The topological polar surface area (TPSA) is 34.1 Å². The van der Waals surface area contributed by atoms with E-state index in [0.717, 1.165) is 28.9 Å². The fraction of sp³-hybridized carbons (Fsp3) is 0.321. The Balaban J connectivity index is 1.40. The number of allylic oxidation sites excluding steroid dienone is 2. The molecule has 0 aromatic heterocycles. The van der Waals surface area contributed by atoms with Gasteiger partial charge in [0.15, 0.2) is 0 Å². The Kier molecular flexibility index (Phi) is 4.27. The maximum absolute atomic E-state index is 6.25. The van der Waals surface area contributed by atoms with Gasteiger partial charge in [-0.05, 0) is 75.8 Å². The first-order valence-corrected chi connectivity index (χ1v) is 11.7. The molecular weight excluding hydrogens is 407 g/mol. The van der Waals surface area contributed by atoms with Crippen molar-refractivity contribution in [2.75, 3.05) is 4.90 Å². The van der Waals surface area contributed by atoms with Gasteiger partial charge in [0.25, 0.3) is 0 Å². The summed E-state index contributed by atoms with van der Waals surface area (Å²) < 4.78 is 12.5. The highest BCUT2D eigenvalue weighted by molar-refractivity contribution is 6.62. The van der Waals surface area contributed by atoms with E-state index in [9.17, 15) is 0 Å². The Bertz CT molecular complexity index is 1250. The molecule has 4 aliphatic rings. The van der Waals surface area contributed by atoms with Crippen molar-refractivity contribution < 1.29 is 9.31 Å². The highest BCUT2D eigenvalue weighted by atomic mass is 16.7. The smallest absolute Gasteiger partial charge is 0.399 e. The summed E-state index contributed by atoms with van der Waals surface area (Å²) in [7, 11) is -0.358. The second-order valence-corrected chi connectivity index (χ2v) is 10.6. The van der Waals surface area contributed by atoms with Gasteiger partial charge in [0, 0.05) is 5.57 Å². The molecule has 2 aromatic rings. The molecule has 3 heterocycles. The summed E-state index contributed by atoms with van der Waals surface area (Å²) in [5.41, 5.74) is 6.04. The van der Waals surface area contributed by atoms with Crippen LogP contribution >= 0.6 is 0 Å². The van der Waals surface area contributed by atoms with Crippen molar-refractivity contribution in [3.8, 4) is 0 Å². The van der Waals surface area contributed by atoms with E-state index in [1.54, 1.807) is 0 Å². The highest BCUT2D eigenvalue weighted by Gasteiger charge is 2.51. The molecule has 4 nitrogen and oxygen atoms in total. The zero-order valence-electron chi connectivity index (χ0n) is 19.9. The average Bonchev–Trinajstić information content (AvgIpc) is 3.22. The van der Waals surface area contributed by atoms with E-state index in [4.69, 9.17) is 14.3 Å². The van der Waals surface area contributed by atoms with Crippen LogP contribution < -0.4 is 10.4 Å². The van der Waals surface area contributed by atoms with Crippen LogP contribution in [0.25, 0.3) is 11.6 Å². The molecule has 3 aliphatic heterocycles.